The first kappa shape index (κ1) is 28.6. The fraction of sp³-hybridized carbons (Fsp3) is 0.567. The molecular weight excluding hydrogens is 516 g/mol. The molecule has 0 aliphatic carbocycles. The van der Waals surface area contributed by atoms with E-state index in [1.165, 1.54) is 11.3 Å². The lowest BCUT2D eigenvalue weighted by Crippen LogP contribution is -2.45. The summed E-state index contributed by atoms with van der Waals surface area (Å²) in [7, 11) is 2.21. The van der Waals surface area contributed by atoms with Crippen molar-refractivity contribution in [1.29, 1.82) is 0 Å². The zero-order valence-electron chi connectivity index (χ0n) is 25.7. The summed E-state index contributed by atoms with van der Waals surface area (Å²) in [6.07, 6.45) is 3.95. The molecule has 10 heteroatoms. The highest BCUT2D eigenvalue weighted by molar-refractivity contribution is 6.74. The Morgan fingerprint density at radius 3 is 2.42 bits per heavy atom. The van der Waals surface area contributed by atoms with Crippen LogP contribution < -0.4 is 15.1 Å². The van der Waals surface area contributed by atoms with Gasteiger partial charge in [-0.25, -0.2) is 4.98 Å². The number of likely N-dealkylation sites (N-methyl/N-ethyl adjacent to an activating group) is 1. The van der Waals surface area contributed by atoms with Crippen LogP contribution in [0.2, 0.25) is 18.1 Å². The molecule has 5 rings (SSSR count). The minimum absolute atomic E-state index is 0.147. The lowest BCUT2D eigenvalue weighted by molar-refractivity contribution is 0.218. The van der Waals surface area contributed by atoms with Gasteiger partial charge in [0.25, 0.3) is 0 Å². The van der Waals surface area contributed by atoms with Crippen LogP contribution in [0, 0.1) is 6.92 Å². The minimum Gasteiger partial charge on any atom is -0.416 e. The summed E-state index contributed by atoms with van der Waals surface area (Å²) in [5.74, 6) is 2.36. The van der Waals surface area contributed by atoms with Crippen molar-refractivity contribution in [3.8, 4) is 0 Å². The van der Waals surface area contributed by atoms with Gasteiger partial charge in [0.05, 0.1) is 0 Å². The smallest absolute Gasteiger partial charge is 0.229 e. The van der Waals surface area contributed by atoms with Crippen molar-refractivity contribution in [3.63, 3.8) is 0 Å². The number of aryl methyl sites for hydroxylation is 2. The highest BCUT2D eigenvalue weighted by atomic mass is 28.4. The number of nitrogens with one attached hydrogen (secondary N) is 1. The molecule has 2 aliphatic rings. The van der Waals surface area contributed by atoms with Gasteiger partial charge in [-0.15, -0.1) is 0 Å². The zero-order valence-corrected chi connectivity index (χ0v) is 26.7. The summed E-state index contributed by atoms with van der Waals surface area (Å²) >= 11 is 0. The summed E-state index contributed by atoms with van der Waals surface area (Å²) in [4.78, 5) is 16.9. The predicted octanol–water partition coefficient (Wildman–Crippen LogP) is 5.45. The van der Waals surface area contributed by atoms with Crippen molar-refractivity contribution in [1.82, 2.24) is 24.6 Å². The quantitative estimate of drug-likeness (QED) is 0.382. The maximum absolute atomic E-state index is 6.74. The van der Waals surface area contributed by atoms with Gasteiger partial charge < -0.3 is 24.4 Å². The van der Waals surface area contributed by atoms with Gasteiger partial charge in [-0.3, -0.25) is 4.68 Å². The highest BCUT2D eigenvalue weighted by Crippen LogP contribution is 2.45. The van der Waals surface area contributed by atoms with Crippen molar-refractivity contribution < 1.29 is 4.43 Å². The molecule has 1 saturated heterocycles. The van der Waals surface area contributed by atoms with E-state index in [1.807, 2.05) is 30.2 Å². The maximum atomic E-state index is 6.74. The van der Waals surface area contributed by atoms with E-state index in [1.54, 1.807) is 0 Å². The van der Waals surface area contributed by atoms with Crippen LogP contribution in [0.25, 0.3) is 0 Å². The van der Waals surface area contributed by atoms with E-state index in [2.05, 4.69) is 93.0 Å². The summed E-state index contributed by atoms with van der Waals surface area (Å²) in [5.41, 5.74) is 4.39. The van der Waals surface area contributed by atoms with Crippen molar-refractivity contribution in [2.24, 2.45) is 7.05 Å². The molecule has 2 aliphatic heterocycles. The van der Waals surface area contributed by atoms with Crippen molar-refractivity contribution >= 4 is 37.3 Å². The molecule has 9 nitrogen and oxygen atoms in total. The summed E-state index contributed by atoms with van der Waals surface area (Å²) in [5, 5.41) is 8.32. The number of hydrogen-bond acceptors (Lipinski definition) is 8. The van der Waals surface area contributed by atoms with Gasteiger partial charge in [0.1, 0.15) is 5.82 Å². The van der Waals surface area contributed by atoms with Gasteiger partial charge in [-0.1, -0.05) is 27.7 Å². The van der Waals surface area contributed by atoms with Crippen LogP contribution in [0.4, 0.5) is 29.0 Å². The Balaban J connectivity index is 1.41. The van der Waals surface area contributed by atoms with Crippen molar-refractivity contribution in [2.45, 2.75) is 58.2 Å². The van der Waals surface area contributed by atoms with Gasteiger partial charge in [-0.05, 0) is 55.9 Å². The SMILES string of the molecule is Cc1cc(Nc2ncc3c(n2)N(c2ccn(C)n2)CC3(C)CO[Si](C)(C)C(C)(C)C)ccc1N1CCN(C)CC1. The summed E-state index contributed by atoms with van der Waals surface area (Å²) < 4.78 is 8.58. The first-order valence-corrected chi connectivity index (χ1v) is 17.3. The Hall–Kier alpha value is -2.95. The second-order valence-corrected chi connectivity index (χ2v) is 18.2. The lowest BCUT2D eigenvalue weighted by atomic mass is 9.87. The third-order valence-corrected chi connectivity index (χ3v) is 13.5. The number of fused-ring (bicyclic) bond motifs is 1. The van der Waals surface area contributed by atoms with Crippen LogP contribution in [0.3, 0.4) is 0 Å². The molecular formula is C30H46N8OSi. The molecule has 0 amide bonds. The van der Waals surface area contributed by atoms with Crippen molar-refractivity contribution in [2.75, 3.05) is 61.5 Å². The summed E-state index contributed by atoms with van der Waals surface area (Å²) in [6.45, 7) is 21.6. The number of anilines is 5. The fourth-order valence-electron chi connectivity index (χ4n) is 5.25. The van der Waals surface area contributed by atoms with E-state index in [-0.39, 0.29) is 10.5 Å². The average molecular weight is 563 g/mol. The monoisotopic (exact) mass is 562 g/mol. The topological polar surface area (TPSA) is 74.6 Å². The number of piperazine rings is 1. The van der Waals surface area contributed by atoms with Gasteiger partial charge in [-0.2, -0.15) is 10.1 Å². The van der Waals surface area contributed by atoms with Crippen molar-refractivity contribution in [3.05, 3.63) is 47.8 Å². The van der Waals surface area contributed by atoms with Crippen LogP contribution in [-0.4, -0.2) is 79.3 Å². The van der Waals surface area contributed by atoms with Crippen LogP contribution >= 0.6 is 0 Å². The molecule has 40 heavy (non-hydrogen) atoms. The molecule has 0 radical (unpaired) electrons. The normalized spacial score (nSPS) is 20.2. The predicted molar refractivity (Wildman–Crippen MR) is 167 cm³/mol. The Morgan fingerprint density at radius 2 is 1.80 bits per heavy atom. The van der Waals surface area contributed by atoms with E-state index in [4.69, 9.17) is 19.5 Å². The Morgan fingerprint density at radius 1 is 1.07 bits per heavy atom. The molecule has 1 fully saturated rings. The van der Waals surface area contributed by atoms with E-state index in [0.717, 1.165) is 55.6 Å². The fourth-order valence-corrected chi connectivity index (χ4v) is 6.37. The molecule has 0 saturated carbocycles. The zero-order chi connectivity index (χ0) is 28.9. The van der Waals surface area contributed by atoms with E-state index >= 15 is 0 Å². The second-order valence-electron chi connectivity index (χ2n) is 13.4. The first-order valence-electron chi connectivity index (χ1n) is 14.4. The first-order chi connectivity index (χ1) is 18.8. The Kier molecular flexibility index (Phi) is 7.47. The van der Waals surface area contributed by atoms with E-state index in [0.29, 0.717) is 12.6 Å². The molecule has 0 bridgehead atoms. The minimum atomic E-state index is -1.92. The highest BCUT2D eigenvalue weighted by Gasteiger charge is 2.45. The van der Waals surface area contributed by atoms with E-state index in [9.17, 15) is 0 Å². The maximum Gasteiger partial charge on any atom is 0.229 e. The number of aromatic nitrogens is 4. The molecule has 216 valence electrons. The van der Waals surface area contributed by atoms with Crippen LogP contribution in [-0.2, 0) is 16.9 Å². The number of rotatable bonds is 7. The molecule has 1 N–H and O–H groups in total. The molecule has 1 atom stereocenters. The lowest BCUT2D eigenvalue weighted by Gasteiger charge is -2.39. The summed E-state index contributed by atoms with van der Waals surface area (Å²) in [6, 6.07) is 8.58. The Labute approximate surface area is 240 Å². The number of nitrogens with zero attached hydrogens (tertiary/aromatic N) is 7. The molecule has 1 aromatic carbocycles. The third-order valence-electron chi connectivity index (χ3n) is 9.01. The van der Waals surface area contributed by atoms with Crippen LogP contribution in [0.15, 0.2) is 36.7 Å². The number of hydrogen-bond donors (Lipinski definition) is 1. The average Bonchev–Trinajstić information content (AvgIpc) is 3.44. The van der Waals surface area contributed by atoms with Gasteiger partial charge in [0.2, 0.25) is 5.95 Å². The number of benzene rings is 1. The molecule has 3 aromatic rings. The largest absolute Gasteiger partial charge is 0.416 e. The second kappa shape index (κ2) is 10.5. The standard InChI is InChI=1S/C30H46N8OSi/c1-22-18-23(10-11-25(22)37-16-14-35(6)15-17-37)32-28-31-19-24-27(33-28)38(26-12-13-36(7)34-26)20-30(24,5)21-39-40(8,9)29(2,3)4/h10-13,18-19H,14-17,20-21H2,1-9H3,(H,31,32,33). The van der Waals surface area contributed by atoms with Crippen LogP contribution in [0.5, 0.6) is 0 Å². The molecule has 4 heterocycles. The van der Waals surface area contributed by atoms with Gasteiger partial charge in [0.15, 0.2) is 14.1 Å². The van der Waals surface area contributed by atoms with Crippen LogP contribution in [0.1, 0.15) is 38.8 Å². The van der Waals surface area contributed by atoms with E-state index < -0.39 is 8.32 Å². The molecule has 0 spiro atoms. The van der Waals surface area contributed by atoms with Gasteiger partial charge in [0, 0.05) is 87.2 Å². The van der Waals surface area contributed by atoms with Gasteiger partial charge >= 0.3 is 0 Å². The Bertz CT molecular complexity index is 1360. The molecule has 1 unspecified atom stereocenters. The molecule has 2 aromatic heterocycles. The third kappa shape index (κ3) is 5.62.